The second-order valence-corrected chi connectivity index (χ2v) is 9.53. The van der Waals surface area contributed by atoms with Gasteiger partial charge in [-0.05, 0) is 42.0 Å². The molecule has 3 aromatic carbocycles. The number of nitrogens with one attached hydrogen (secondary N) is 2. The van der Waals surface area contributed by atoms with Crippen molar-refractivity contribution in [3.8, 4) is 23.0 Å². The molecule has 0 aliphatic rings. The van der Waals surface area contributed by atoms with Gasteiger partial charge >= 0.3 is 6.01 Å². The van der Waals surface area contributed by atoms with Crippen LogP contribution < -0.4 is 25.2 Å². The van der Waals surface area contributed by atoms with Gasteiger partial charge in [0, 0.05) is 29.2 Å². The number of methoxy groups -OCH3 is 2. The summed E-state index contributed by atoms with van der Waals surface area (Å²) in [5.74, 6) is -0.272. The minimum Gasteiger partial charge on any atom is -0.480 e. The predicted octanol–water partition coefficient (Wildman–Crippen LogP) is 4.69. The Labute approximate surface area is 226 Å². The van der Waals surface area contributed by atoms with Gasteiger partial charge in [-0.1, -0.05) is 36.4 Å². The molecule has 0 aliphatic heterocycles. The predicted molar refractivity (Wildman–Crippen MR) is 151 cm³/mol. The van der Waals surface area contributed by atoms with Crippen LogP contribution in [-0.2, 0) is 11.0 Å². The molecule has 11 heteroatoms. The molecule has 5 aromatic rings. The highest BCUT2D eigenvalue weighted by atomic mass is 32.2. The van der Waals surface area contributed by atoms with Gasteiger partial charge < -0.3 is 25.2 Å². The first-order valence-electron chi connectivity index (χ1n) is 11.8. The van der Waals surface area contributed by atoms with E-state index in [1.54, 1.807) is 24.4 Å². The number of aromatic nitrogens is 3. The lowest BCUT2D eigenvalue weighted by molar-refractivity contribution is 0.100. The van der Waals surface area contributed by atoms with Crippen molar-refractivity contribution in [2.75, 3.05) is 24.3 Å². The maximum absolute atomic E-state index is 12.7. The summed E-state index contributed by atoms with van der Waals surface area (Å²) in [4.78, 5) is 25.9. The molecular weight excluding hydrogens is 516 g/mol. The Kier molecular flexibility index (Phi) is 7.32. The van der Waals surface area contributed by atoms with Crippen LogP contribution in [0.3, 0.4) is 0 Å². The lowest BCUT2D eigenvalue weighted by Gasteiger charge is -2.15. The number of benzene rings is 3. The first-order valence-corrected chi connectivity index (χ1v) is 12.9. The third-order valence-corrected chi connectivity index (χ3v) is 6.97. The van der Waals surface area contributed by atoms with Crippen LogP contribution >= 0.6 is 0 Å². The minimum absolute atomic E-state index is 0.191. The number of nitrogens with zero attached hydrogens (tertiary/aromatic N) is 3. The SMILES string of the molecule is COc1ncc(-c2ccc3c(Nc4cccc(NS(=O)c5ccccc5)c4)c(C(N)=O)cnc3c2)c(OC)n1. The van der Waals surface area contributed by atoms with Crippen LogP contribution in [0.15, 0.2) is 90.1 Å². The Morgan fingerprint density at radius 2 is 1.69 bits per heavy atom. The van der Waals surface area contributed by atoms with Crippen molar-refractivity contribution >= 4 is 44.9 Å². The summed E-state index contributed by atoms with van der Waals surface area (Å²) in [5, 5.41) is 3.98. The minimum atomic E-state index is -1.44. The van der Waals surface area contributed by atoms with Crippen molar-refractivity contribution < 1.29 is 18.5 Å². The largest absolute Gasteiger partial charge is 0.480 e. The van der Waals surface area contributed by atoms with E-state index in [2.05, 4.69) is 25.0 Å². The molecule has 4 N–H and O–H groups in total. The van der Waals surface area contributed by atoms with Crippen LogP contribution in [0.25, 0.3) is 22.0 Å². The number of fused-ring (bicyclic) bond motifs is 1. The van der Waals surface area contributed by atoms with Crippen molar-refractivity contribution in [2.45, 2.75) is 4.90 Å². The number of ether oxygens (including phenoxy) is 2. The van der Waals surface area contributed by atoms with E-state index in [1.165, 1.54) is 20.4 Å². The molecule has 0 bridgehead atoms. The molecule has 2 heterocycles. The van der Waals surface area contributed by atoms with E-state index in [9.17, 15) is 9.00 Å². The standard InChI is InChI=1S/C28H24N6O4S/c1-37-27-22(15-31-28(33-27)38-2)17-11-12-21-24(13-17)30-16-23(26(29)35)25(21)32-18-7-6-8-19(14-18)34-39(36)20-9-4-3-5-10-20/h3-16,34H,1-2H3,(H2,29,35)(H,30,32). The average molecular weight is 541 g/mol. The van der Waals surface area contributed by atoms with Gasteiger partial charge in [0.05, 0.1) is 41.4 Å². The highest BCUT2D eigenvalue weighted by Gasteiger charge is 2.17. The van der Waals surface area contributed by atoms with Crippen molar-refractivity contribution in [3.63, 3.8) is 0 Å². The van der Waals surface area contributed by atoms with Gasteiger partial charge in [0.1, 0.15) is 11.0 Å². The molecule has 0 aliphatic carbocycles. The third-order valence-electron chi connectivity index (χ3n) is 5.85. The Hall–Kier alpha value is -5.03. The van der Waals surface area contributed by atoms with Gasteiger partial charge in [-0.2, -0.15) is 4.98 Å². The Morgan fingerprint density at radius 3 is 2.44 bits per heavy atom. The van der Waals surface area contributed by atoms with Crippen LogP contribution in [0, 0.1) is 0 Å². The number of anilines is 3. The van der Waals surface area contributed by atoms with Crippen LogP contribution in [0.2, 0.25) is 0 Å². The van der Waals surface area contributed by atoms with Crippen molar-refractivity contribution in [3.05, 3.63) is 90.8 Å². The number of hydrogen-bond acceptors (Lipinski definition) is 8. The first-order chi connectivity index (χ1) is 19.0. The molecule has 2 aromatic heterocycles. The zero-order valence-electron chi connectivity index (χ0n) is 21.0. The van der Waals surface area contributed by atoms with Crippen LogP contribution in [0.1, 0.15) is 10.4 Å². The molecule has 0 saturated carbocycles. The molecule has 196 valence electrons. The fourth-order valence-corrected chi connectivity index (χ4v) is 4.86. The van der Waals surface area contributed by atoms with Crippen LogP contribution in [0.5, 0.6) is 11.9 Å². The van der Waals surface area contributed by atoms with E-state index in [4.69, 9.17) is 15.2 Å². The molecular formula is C28H24N6O4S. The number of hydrogen-bond donors (Lipinski definition) is 3. The Morgan fingerprint density at radius 1 is 0.897 bits per heavy atom. The molecule has 0 fully saturated rings. The number of primary amides is 1. The van der Waals surface area contributed by atoms with Gasteiger partial charge in [0.15, 0.2) is 0 Å². The van der Waals surface area contributed by atoms with Crippen molar-refractivity contribution in [1.82, 2.24) is 15.0 Å². The highest BCUT2D eigenvalue weighted by molar-refractivity contribution is 7.86. The fraction of sp³-hybridized carbons (Fsp3) is 0.0714. The highest BCUT2D eigenvalue weighted by Crippen LogP contribution is 2.35. The summed E-state index contributed by atoms with van der Waals surface area (Å²) in [6.45, 7) is 0. The molecule has 39 heavy (non-hydrogen) atoms. The number of amides is 1. The zero-order valence-corrected chi connectivity index (χ0v) is 21.9. The molecule has 0 saturated heterocycles. The summed E-state index contributed by atoms with van der Waals surface area (Å²) in [6, 6.07) is 22.1. The maximum atomic E-state index is 12.7. The topological polar surface area (TPSA) is 141 Å². The quantitative estimate of drug-likeness (QED) is 0.245. The summed E-state index contributed by atoms with van der Waals surface area (Å²) >= 11 is 0. The van der Waals surface area contributed by atoms with Gasteiger partial charge in [-0.15, -0.1) is 0 Å². The summed E-state index contributed by atoms with van der Waals surface area (Å²) in [7, 11) is 1.56. The Bertz CT molecular complexity index is 1700. The van der Waals surface area contributed by atoms with Gasteiger partial charge in [0.2, 0.25) is 5.88 Å². The molecule has 0 radical (unpaired) electrons. The van der Waals surface area contributed by atoms with Gasteiger partial charge in [0.25, 0.3) is 5.91 Å². The van der Waals surface area contributed by atoms with Crippen LogP contribution in [0.4, 0.5) is 17.1 Å². The summed E-state index contributed by atoms with van der Waals surface area (Å²) < 4.78 is 26.2. The number of carbonyl (C=O) groups excluding carboxylic acids is 1. The smallest absolute Gasteiger partial charge is 0.319 e. The number of pyridine rings is 1. The lowest BCUT2D eigenvalue weighted by atomic mass is 10.0. The molecule has 1 unspecified atom stereocenters. The second-order valence-electron chi connectivity index (χ2n) is 8.31. The molecule has 5 rings (SSSR count). The Balaban J connectivity index is 1.50. The number of nitrogens with two attached hydrogens (primary N) is 1. The second kappa shape index (κ2) is 11.2. The molecule has 0 spiro atoms. The van der Waals surface area contributed by atoms with Crippen molar-refractivity contribution in [2.24, 2.45) is 5.73 Å². The van der Waals surface area contributed by atoms with E-state index in [1.807, 2.05) is 54.6 Å². The van der Waals surface area contributed by atoms with Gasteiger partial charge in [-0.25, -0.2) is 9.19 Å². The molecule has 10 nitrogen and oxygen atoms in total. The molecule has 1 atom stereocenters. The normalized spacial score (nSPS) is 11.5. The van der Waals surface area contributed by atoms with E-state index in [0.29, 0.717) is 44.3 Å². The maximum Gasteiger partial charge on any atom is 0.319 e. The van der Waals surface area contributed by atoms with E-state index >= 15 is 0 Å². The monoisotopic (exact) mass is 540 g/mol. The van der Waals surface area contributed by atoms with E-state index in [-0.39, 0.29) is 11.6 Å². The fourth-order valence-electron chi connectivity index (χ4n) is 4.00. The average Bonchev–Trinajstić information content (AvgIpc) is 2.97. The van der Waals surface area contributed by atoms with Crippen molar-refractivity contribution in [1.29, 1.82) is 0 Å². The summed E-state index contributed by atoms with van der Waals surface area (Å²) in [5.41, 5.74) is 9.74. The van der Waals surface area contributed by atoms with E-state index < -0.39 is 16.9 Å². The first kappa shape index (κ1) is 25.6. The number of carbonyl (C=O) groups is 1. The summed E-state index contributed by atoms with van der Waals surface area (Å²) in [6.07, 6.45) is 3.05. The van der Waals surface area contributed by atoms with Crippen LogP contribution in [-0.4, -0.2) is 39.3 Å². The van der Waals surface area contributed by atoms with E-state index in [0.717, 1.165) is 5.56 Å². The zero-order chi connectivity index (χ0) is 27.4. The van der Waals surface area contributed by atoms with Gasteiger partial charge in [-0.3, -0.25) is 9.78 Å². The lowest BCUT2D eigenvalue weighted by Crippen LogP contribution is -2.14. The third kappa shape index (κ3) is 5.48. The molecule has 1 amide bonds. The number of rotatable bonds is 9.